The molecule has 3 N–H and O–H groups in total. The molecule has 3 aliphatic rings. The molecule has 2 saturated heterocycles. The zero-order valence-electron chi connectivity index (χ0n) is 19.7. The predicted molar refractivity (Wildman–Crippen MR) is 125 cm³/mol. The number of amides is 2. The van der Waals surface area contributed by atoms with E-state index in [-0.39, 0.29) is 41.8 Å². The van der Waals surface area contributed by atoms with Crippen LogP contribution in [0.4, 0.5) is 23.8 Å². The van der Waals surface area contributed by atoms with E-state index in [1.165, 1.54) is 12.4 Å². The minimum absolute atomic E-state index is 0.0470. The van der Waals surface area contributed by atoms with Crippen molar-refractivity contribution in [1.82, 2.24) is 25.5 Å². The number of hydrogen-bond donors (Lipinski definition) is 3. The molecule has 0 bridgehead atoms. The Kier molecular flexibility index (Phi) is 6.87. The first-order chi connectivity index (χ1) is 17.3. The number of carbonyl (C=O) groups is 2. The molecule has 194 valence electrons. The van der Waals surface area contributed by atoms with Gasteiger partial charge in [-0.05, 0) is 49.8 Å². The first-order valence-corrected chi connectivity index (χ1v) is 12.3. The number of anilines is 1. The van der Waals surface area contributed by atoms with Crippen LogP contribution in [0.3, 0.4) is 0 Å². The van der Waals surface area contributed by atoms with Crippen LogP contribution in [-0.4, -0.2) is 71.2 Å². The Morgan fingerprint density at radius 2 is 1.92 bits per heavy atom. The van der Waals surface area contributed by atoms with Crippen LogP contribution in [0, 0.1) is 5.92 Å². The topological polar surface area (TPSA) is 108 Å². The molecule has 2 aliphatic heterocycles. The highest BCUT2D eigenvalue weighted by Gasteiger charge is 2.37. The number of rotatable bonds is 6. The monoisotopic (exact) mass is 506 g/mol. The SMILES string of the molecule is O=C(CNc1ncnc2ccc(C(F)(F)F)cc12)NC1CN(C2CCC([C@H]3CCOC(=O)N3)CC2)C1. The van der Waals surface area contributed by atoms with Crippen molar-refractivity contribution >= 4 is 28.7 Å². The summed E-state index contributed by atoms with van der Waals surface area (Å²) in [5.41, 5.74) is -0.428. The molecule has 36 heavy (non-hydrogen) atoms. The molecule has 1 atom stereocenters. The number of alkyl halides is 3. The van der Waals surface area contributed by atoms with Crippen molar-refractivity contribution < 1.29 is 27.5 Å². The maximum atomic E-state index is 13.1. The number of hydrogen-bond acceptors (Lipinski definition) is 7. The van der Waals surface area contributed by atoms with Crippen LogP contribution >= 0.6 is 0 Å². The Morgan fingerprint density at radius 1 is 1.14 bits per heavy atom. The van der Waals surface area contributed by atoms with Gasteiger partial charge in [-0.3, -0.25) is 9.69 Å². The van der Waals surface area contributed by atoms with E-state index >= 15 is 0 Å². The highest BCUT2D eigenvalue weighted by Crippen LogP contribution is 2.34. The maximum absolute atomic E-state index is 13.1. The first kappa shape index (κ1) is 24.5. The van der Waals surface area contributed by atoms with Gasteiger partial charge < -0.3 is 20.7 Å². The predicted octanol–water partition coefficient (Wildman–Crippen LogP) is 2.92. The number of fused-ring (bicyclic) bond motifs is 1. The third kappa shape index (κ3) is 5.48. The largest absolute Gasteiger partial charge is 0.449 e. The normalized spacial score (nSPS) is 25.5. The number of cyclic esters (lactones) is 1. The lowest BCUT2D eigenvalue weighted by atomic mass is 9.79. The highest BCUT2D eigenvalue weighted by molar-refractivity contribution is 5.91. The highest BCUT2D eigenvalue weighted by atomic mass is 19.4. The van der Waals surface area contributed by atoms with Gasteiger partial charge in [-0.15, -0.1) is 0 Å². The van der Waals surface area contributed by atoms with Gasteiger partial charge in [-0.2, -0.15) is 13.2 Å². The number of likely N-dealkylation sites (tertiary alicyclic amines) is 1. The van der Waals surface area contributed by atoms with Gasteiger partial charge in [-0.1, -0.05) is 0 Å². The van der Waals surface area contributed by atoms with Gasteiger partial charge in [0, 0.05) is 37.0 Å². The smallest absolute Gasteiger partial charge is 0.416 e. The van der Waals surface area contributed by atoms with E-state index < -0.39 is 11.7 Å². The molecule has 1 saturated carbocycles. The Labute approximate surface area is 206 Å². The summed E-state index contributed by atoms with van der Waals surface area (Å²) < 4.78 is 44.2. The van der Waals surface area contributed by atoms with Crippen molar-refractivity contribution in [3.05, 3.63) is 30.1 Å². The molecular weight excluding hydrogens is 477 g/mol. The number of nitrogens with zero attached hydrogens (tertiary/aromatic N) is 3. The number of alkyl carbamates (subject to hydrolysis) is 1. The number of ether oxygens (including phenoxy) is 1. The second-order valence-corrected chi connectivity index (χ2v) is 9.77. The molecule has 2 aromatic rings. The lowest BCUT2D eigenvalue weighted by molar-refractivity contribution is -0.137. The van der Waals surface area contributed by atoms with Crippen molar-refractivity contribution in [2.45, 2.75) is 56.4 Å². The van der Waals surface area contributed by atoms with Crippen LogP contribution in [0.2, 0.25) is 0 Å². The number of nitrogens with one attached hydrogen (secondary N) is 3. The summed E-state index contributed by atoms with van der Waals surface area (Å²) in [6, 6.07) is 3.99. The van der Waals surface area contributed by atoms with E-state index in [0.717, 1.165) is 57.3 Å². The third-order valence-electron chi connectivity index (χ3n) is 7.45. The van der Waals surface area contributed by atoms with Gasteiger partial charge >= 0.3 is 12.3 Å². The number of carbonyl (C=O) groups excluding carboxylic acids is 2. The fourth-order valence-corrected chi connectivity index (χ4v) is 5.49. The fraction of sp³-hybridized carbons (Fsp3) is 0.583. The molecule has 2 amide bonds. The van der Waals surface area contributed by atoms with Crippen LogP contribution < -0.4 is 16.0 Å². The summed E-state index contributed by atoms with van der Waals surface area (Å²) >= 11 is 0. The molecule has 1 aromatic carbocycles. The molecule has 0 spiro atoms. The molecule has 5 rings (SSSR count). The van der Waals surface area contributed by atoms with E-state index in [0.29, 0.717) is 24.1 Å². The molecule has 9 nitrogen and oxygen atoms in total. The Bertz CT molecular complexity index is 1120. The molecule has 0 unspecified atom stereocenters. The second-order valence-electron chi connectivity index (χ2n) is 9.77. The van der Waals surface area contributed by atoms with Gasteiger partial charge in [0.2, 0.25) is 5.91 Å². The van der Waals surface area contributed by atoms with Crippen molar-refractivity contribution in [2.75, 3.05) is 31.6 Å². The standard InChI is InChI=1S/C24H29F3N6O3/c25-24(26,27)15-3-6-20-18(9-15)22(30-13-29-20)28-10-21(34)31-16-11-33(12-16)17-4-1-14(2-5-17)19-7-8-36-23(35)32-19/h3,6,9,13-14,16-17,19H,1-2,4-5,7-8,10-12H2,(H,31,34)(H,32,35)(H,28,29,30)/t14?,17?,19-/m1/s1. The van der Waals surface area contributed by atoms with E-state index in [1.807, 2.05) is 0 Å². The molecule has 0 radical (unpaired) electrons. The van der Waals surface area contributed by atoms with Crippen molar-refractivity contribution in [3.63, 3.8) is 0 Å². The van der Waals surface area contributed by atoms with Gasteiger partial charge in [0.15, 0.2) is 0 Å². The molecular formula is C24H29F3N6O3. The van der Waals surface area contributed by atoms with Crippen LogP contribution in [0.5, 0.6) is 0 Å². The van der Waals surface area contributed by atoms with Crippen molar-refractivity contribution in [3.8, 4) is 0 Å². The van der Waals surface area contributed by atoms with E-state index in [4.69, 9.17) is 4.74 Å². The van der Waals surface area contributed by atoms with Crippen LogP contribution in [0.25, 0.3) is 10.9 Å². The van der Waals surface area contributed by atoms with Gasteiger partial charge in [0.05, 0.1) is 30.3 Å². The lowest BCUT2D eigenvalue weighted by Gasteiger charge is -2.47. The number of halogens is 3. The van der Waals surface area contributed by atoms with Gasteiger partial charge in [0.25, 0.3) is 0 Å². The Balaban J connectivity index is 1.06. The van der Waals surface area contributed by atoms with E-state index in [1.54, 1.807) is 0 Å². The second kappa shape index (κ2) is 10.1. The zero-order valence-corrected chi connectivity index (χ0v) is 19.7. The minimum atomic E-state index is -4.48. The Morgan fingerprint density at radius 3 is 2.64 bits per heavy atom. The van der Waals surface area contributed by atoms with Gasteiger partial charge in [0.1, 0.15) is 12.1 Å². The number of aromatic nitrogens is 2. The fourth-order valence-electron chi connectivity index (χ4n) is 5.49. The Hall–Kier alpha value is -3.15. The summed E-state index contributed by atoms with van der Waals surface area (Å²) in [6.45, 7) is 1.95. The lowest BCUT2D eigenvalue weighted by Crippen LogP contribution is -2.63. The minimum Gasteiger partial charge on any atom is -0.449 e. The summed E-state index contributed by atoms with van der Waals surface area (Å²) in [5, 5.41) is 8.98. The maximum Gasteiger partial charge on any atom is 0.416 e. The quantitative estimate of drug-likeness (QED) is 0.553. The van der Waals surface area contributed by atoms with E-state index in [2.05, 4.69) is 30.8 Å². The van der Waals surface area contributed by atoms with Gasteiger partial charge in [-0.25, -0.2) is 14.8 Å². The first-order valence-electron chi connectivity index (χ1n) is 12.3. The molecule has 12 heteroatoms. The van der Waals surface area contributed by atoms with Crippen LogP contribution in [0.15, 0.2) is 24.5 Å². The molecule has 3 fully saturated rings. The molecule has 3 heterocycles. The van der Waals surface area contributed by atoms with Crippen molar-refractivity contribution in [2.24, 2.45) is 5.92 Å². The van der Waals surface area contributed by atoms with E-state index in [9.17, 15) is 22.8 Å². The summed E-state index contributed by atoms with van der Waals surface area (Å²) in [4.78, 5) is 34.3. The third-order valence-corrected chi connectivity index (χ3v) is 7.45. The van der Waals surface area contributed by atoms with Crippen LogP contribution in [0.1, 0.15) is 37.7 Å². The number of benzene rings is 1. The van der Waals surface area contributed by atoms with Crippen LogP contribution in [-0.2, 0) is 15.7 Å². The molecule has 1 aromatic heterocycles. The molecule has 1 aliphatic carbocycles. The average Bonchev–Trinajstić information content (AvgIpc) is 2.84. The summed E-state index contributed by atoms with van der Waals surface area (Å²) in [6.07, 6.45) is 1.59. The van der Waals surface area contributed by atoms with Crippen molar-refractivity contribution in [1.29, 1.82) is 0 Å². The average molecular weight is 507 g/mol. The zero-order chi connectivity index (χ0) is 25.3. The summed E-state index contributed by atoms with van der Waals surface area (Å²) in [7, 11) is 0. The summed E-state index contributed by atoms with van der Waals surface area (Å²) in [5.74, 6) is 0.438.